The molecule has 1 aliphatic heterocycles. The van der Waals surface area contributed by atoms with Gasteiger partial charge >= 0.3 is 0 Å². The first-order valence-corrected chi connectivity index (χ1v) is 13.5. The van der Waals surface area contributed by atoms with Crippen LogP contribution in [0.25, 0.3) is 5.69 Å². The molecule has 3 aromatic carbocycles. The van der Waals surface area contributed by atoms with Crippen molar-refractivity contribution in [2.45, 2.75) is 28.7 Å². The van der Waals surface area contributed by atoms with Crippen LogP contribution in [0.5, 0.6) is 5.75 Å². The first kappa shape index (κ1) is 26.0. The van der Waals surface area contributed by atoms with Crippen LogP contribution in [0.1, 0.15) is 12.2 Å². The molecule has 0 saturated heterocycles. The number of nitrogens with one attached hydrogen (secondary N) is 1. The number of ether oxygens (including phenoxy) is 1. The molecule has 1 unspecified atom stereocenters. The van der Waals surface area contributed by atoms with Crippen molar-refractivity contribution < 1.29 is 9.84 Å². The first-order chi connectivity index (χ1) is 18.5. The summed E-state index contributed by atoms with van der Waals surface area (Å²) in [4.78, 5) is 8.25. The number of methoxy groups -OCH3 is 1. The van der Waals surface area contributed by atoms with Crippen LogP contribution in [-0.2, 0) is 6.42 Å². The number of hydrogen-bond donors (Lipinski definition) is 2. The maximum Gasteiger partial charge on any atom is 0.175 e. The summed E-state index contributed by atoms with van der Waals surface area (Å²) in [5.41, 5.74) is 4.09. The van der Waals surface area contributed by atoms with E-state index >= 15 is 0 Å². The summed E-state index contributed by atoms with van der Waals surface area (Å²) in [6, 6.07) is 22.3. The molecule has 198 valence electrons. The Balaban J connectivity index is 1.27. The second-order valence-corrected chi connectivity index (χ2v) is 10.6. The van der Waals surface area contributed by atoms with Crippen molar-refractivity contribution in [1.29, 1.82) is 0 Å². The number of aliphatic hydroxyl groups excluding tert-OH is 1. The minimum atomic E-state index is -0.572. The van der Waals surface area contributed by atoms with E-state index in [1.54, 1.807) is 18.9 Å². The van der Waals surface area contributed by atoms with E-state index in [4.69, 9.17) is 4.74 Å². The van der Waals surface area contributed by atoms with E-state index in [1.807, 2.05) is 30.3 Å². The zero-order valence-corrected chi connectivity index (χ0v) is 22.7. The van der Waals surface area contributed by atoms with Crippen LogP contribution in [0.4, 0.5) is 17.1 Å². The Labute approximate surface area is 227 Å². The maximum absolute atomic E-state index is 11.1. The van der Waals surface area contributed by atoms with E-state index in [9.17, 15) is 5.11 Å². The number of hydrogen-bond acceptors (Lipinski definition) is 9. The summed E-state index contributed by atoms with van der Waals surface area (Å²) >= 11 is 1.77. The fraction of sp³-hybridized carbons (Fsp3) is 0.321. The summed E-state index contributed by atoms with van der Waals surface area (Å²) in [6.07, 6.45) is 0.480. The van der Waals surface area contributed by atoms with Gasteiger partial charge in [0.15, 0.2) is 5.82 Å². The van der Waals surface area contributed by atoms with Gasteiger partial charge in [0, 0.05) is 41.5 Å². The summed E-state index contributed by atoms with van der Waals surface area (Å²) in [5, 5.41) is 27.5. The zero-order valence-electron chi connectivity index (χ0n) is 21.9. The molecule has 0 spiro atoms. The maximum atomic E-state index is 11.1. The van der Waals surface area contributed by atoms with Crippen LogP contribution in [0.2, 0.25) is 0 Å². The predicted octanol–water partition coefficient (Wildman–Crippen LogP) is 4.24. The van der Waals surface area contributed by atoms with Gasteiger partial charge in [-0.25, -0.2) is 0 Å². The molecule has 0 fully saturated rings. The van der Waals surface area contributed by atoms with Gasteiger partial charge in [0.25, 0.3) is 0 Å². The minimum Gasteiger partial charge on any atom is -0.497 e. The third-order valence-corrected chi connectivity index (χ3v) is 7.50. The molecule has 1 aromatic heterocycles. The van der Waals surface area contributed by atoms with Gasteiger partial charge in [-0.1, -0.05) is 23.9 Å². The molecule has 1 atom stereocenters. The predicted molar refractivity (Wildman–Crippen MR) is 151 cm³/mol. The topological polar surface area (TPSA) is 91.6 Å². The second-order valence-electron chi connectivity index (χ2n) is 9.48. The highest BCUT2D eigenvalue weighted by atomic mass is 32.2. The molecular formula is C28H33N7O2S. The van der Waals surface area contributed by atoms with Gasteiger partial charge in [-0.2, -0.15) is 0 Å². The highest BCUT2D eigenvalue weighted by Crippen LogP contribution is 2.48. The van der Waals surface area contributed by atoms with Crippen LogP contribution in [-0.4, -0.2) is 77.2 Å². The third kappa shape index (κ3) is 6.09. The monoisotopic (exact) mass is 531 g/mol. The lowest BCUT2D eigenvalue weighted by Gasteiger charge is -2.34. The van der Waals surface area contributed by atoms with E-state index in [2.05, 4.69) is 81.0 Å². The van der Waals surface area contributed by atoms with Crippen LogP contribution < -0.4 is 15.0 Å². The van der Waals surface area contributed by atoms with Gasteiger partial charge in [0.2, 0.25) is 0 Å². The average Bonchev–Trinajstić information content (AvgIpc) is 3.41. The van der Waals surface area contributed by atoms with Crippen molar-refractivity contribution >= 4 is 28.8 Å². The quantitative estimate of drug-likeness (QED) is 0.295. The Morgan fingerprint density at radius 3 is 2.61 bits per heavy atom. The van der Waals surface area contributed by atoms with E-state index in [-0.39, 0.29) is 0 Å². The standard InChI is InChI=1S/C28H33N7O2S/c1-33(2)17-16-29-20-8-14-27-25(18-20)34(24-6-4-5-7-26(24)38-27)19-22(36)11-15-28-30-32-35(31-28)21-9-12-23(37-3)13-10-21/h4-10,12-14,18,22,29,36H,11,15-17,19H2,1-3H3. The van der Waals surface area contributed by atoms with Crippen molar-refractivity contribution in [3.8, 4) is 11.4 Å². The van der Waals surface area contributed by atoms with E-state index in [0.29, 0.717) is 25.2 Å². The lowest BCUT2D eigenvalue weighted by Crippen LogP contribution is -2.31. The van der Waals surface area contributed by atoms with Crippen molar-refractivity contribution in [3.63, 3.8) is 0 Å². The lowest BCUT2D eigenvalue weighted by atomic mass is 10.1. The summed E-state index contributed by atoms with van der Waals surface area (Å²) in [6.45, 7) is 2.29. The number of para-hydroxylation sites is 1. The Morgan fingerprint density at radius 1 is 1.03 bits per heavy atom. The van der Waals surface area contributed by atoms with Gasteiger partial charge in [0.1, 0.15) is 5.75 Å². The molecule has 10 heteroatoms. The van der Waals surface area contributed by atoms with Crippen molar-refractivity contribution in [2.75, 3.05) is 51.1 Å². The highest BCUT2D eigenvalue weighted by Gasteiger charge is 2.25. The molecule has 9 nitrogen and oxygen atoms in total. The molecule has 0 radical (unpaired) electrons. The zero-order chi connectivity index (χ0) is 26.5. The average molecular weight is 532 g/mol. The molecule has 0 amide bonds. The fourth-order valence-electron chi connectivity index (χ4n) is 4.33. The molecular weight excluding hydrogens is 498 g/mol. The van der Waals surface area contributed by atoms with Crippen molar-refractivity contribution in [1.82, 2.24) is 25.1 Å². The SMILES string of the molecule is COc1ccc(-n2nnc(CCC(O)CN3c4ccccc4Sc4ccc(NCCN(C)C)cc43)n2)cc1. The Bertz CT molecular complexity index is 1360. The molecule has 38 heavy (non-hydrogen) atoms. The number of β-amino-alcohol motifs (C(OH)–C–C–N with tert-alkyl or cyclic N) is 1. The van der Waals surface area contributed by atoms with Gasteiger partial charge in [-0.3, -0.25) is 0 Å². The minimum absolute atomic E-state index is 0.471. The summed E-state index contributed by atoms with van der Waals surface area (Å²) in [7, 11) is 5.77. The fourth-order valence-corrected chi connectivity index (χ4v) is 5.40. The van der Waals surface area contributed by atoms with Gasteiger partial charge in [-0.05, 0) is 80.3 Å². The van der Waals surface area contributed by atoms with E-state index in [1.165, 1.54) is 14.6 Å². The van der Waals surface area contributed by atoms with Gasteiger partial charge in [-0.15, -0.1) is 15.0 Å². The van der Waals surface area contributed by atoms with E-state index in [0.717, 1.165) is 41.6 Å². The number of aliphatic hydroxyl groups is 1. The van der Waals surface area contributed by atoms with Crippen LogP contribution >= 0.6 is 11.8 Å². The summed E-state index contributed by atoms with van der Waals surface area (Å²) in [5.74, 6) is 1.37. The molecule has 4 aromatic rings. The van der Waals surface area contributed by atoms with Crippen LogP contribution in [0.3, 0.4) is 0 Å². The Hall–Kier alpha value is -3.60. The highest BCUT2D eigenvalue weighted by molar-refractivity contribution is 7.99. The summed E-state index contributed by atoms with van der Waals surface area (Å²) < 4.78 is 5.21. The molecule has 0 bridgehead atoms. The Kier molecular flexibility index (Phi) is 8.11. The first-order valence-electron chi connectivity index (χ1n) is 12.7. The molecule has 0 aliphatic carbocycles. The number of fused-ring (bicyclic) bond motifs is 2. The van der Waals surface area contributed by atoms with Gasteiger partial charge in [0.05, 0.1) is 30.3 Å². The number of likely N-dealkylation sites (N-methyl/N-ethyl adjacent to an activating group) is 1. The van der Waals surface area contributed by atoms with Crippen LogP contribution in [0.15, 0.2) is 76.5 Å². The van der Waals surface area contributed by atoms with Crippen molar-refractivity contribution in [3.05, 3.63) is 72.6 Å². The normalized spacial score (nSPS) is 13.2. The molecule has 5 rings (SSSR count). The number of aromatic nitrogens is 4. The smallest absolute Gasteiger partial charge is 0.175 e. The molecule has 1 aliphatic rings. The molecule has 2 heterocycles. The third-order valence-electron chi connectivity index (χ3n) is 6.37. The second kappa shape index (κ2) is 11.8. The molecule has 2 N–H and O–H groups in total. The number of aryl methyl sites for hydroxylation is 1. The number of tetrazole rings is 1. The number of rotatable bonds is 11. The Morgan fingerprint density at radius 2 is 1.82 bits per heavy atom. The number of benzene rings is 3. The van der Waals surface area contributed by atoms with Gasteiger partial charge < -0.3 is 25.0 Å². The lowest BCUT2D eigenvalue weighted by molar-refractivity contribution is 0.172. The number of nitrogens with zero attached hydrogens (tertiary/aromatic N) is 6. The largest absolute Gasteiger partial charge is 0.497 e. The molecule has 0 saturated carbocycles. The number of anilines is 3. The van der Waals surface area contributed by atoms with E-state index < -0.39 is 6.10 Å². The van der Waals surface area contributed by atoms with Crippen molar-refractivity contribution in [2.24, 2.45) is 0 Å². The van der Waals surface area contributed by atoms with Crippen LogP contribution in [0, 0.1) is 0 Å².